The maximum absolute atomic E-state index is 6.07. The Morgan fingerprint density at radius 1 is 1.21 bits per heavy atom. The molecule has 2 N–H and O–H groups in total. The van der Waals surface area contributed by atoms with Crippen LogP contribution in [-0.2, 0) is 4.74 Å². The third-order valence-corrected chi connectivity index (χ3v) is 5.28. The highest BCUT2D eigenvalue weighted by molar-refractivity contribution is 6.42. The number of hydrogen-bond donors (Lipinski definition) is 2. The van der Waals surface area contributed by atoms with Crippen LogP contribution >= 0.6 is 23.2 Å². The van der Waals surface area contributed by atoms with Crippen LogP contribution in [0.4, 0.5) is 5.69 Å². The van der Waals surface area contributed by atoms with Gasteiger partial charge in [0.25, 0.3) is 0 Å². The van der Waals surface area contributed by atoms with Crippen molar-refractivity contribution in [1.29, 1.82) is 0 Å². The highest BCUT2D eigenvalue weighted by Gasteiger charge is 2.29. The molecule has 2 unspecified atom stereocenters. The highest BCUT2D eigenvalue weighted by Crippen LogP contribution is 2.33. The fourth-order valence-electron chi connectivity index (χ4n) is 3.06. The molecule has 1 saturated heterocycles. The monoisotopic (exact) mass is 421 g/mol. The quantitative estimate of drug-likeness (QED) is 0.502. The van der Waals surface area contributed by atoms with Crippen molar-refractivity contribution in [2.45, 2.75) is 39.5 Å². The average Bonchev–Trinajstić information content (AvgIpc) is 2.62. The molecule has 28 heavy (non-hydrogen) atoms. The summed E-state index contributed by atoms with van der Waals surface area (Å²) in [6.07, 6.45) is 1.85. The standard InChI is InChI=1S/C21H25Cl2N3O2/c1-13-8-20(27-16-5-6-17(22)18(23)9-16)14(2)7-19(13)25-12-26-21(4)11-24-10-15(3)28-21/h5-9,12,15,24H,10-11H2,1-4H3,(H,25,26). The van der Waals surface area contributed by atoms with Gasteiger partial charge in [0.05, 0.1) is 28.2 Å². The zero-order valence-electron chi connectivity index (χ0n) is 16.5. The predicted octanol–water partition coefficient (Wildman–Crippen LogP) is 5.38. The van der Waals surface area contributed by atoms with Crippen LogP contribution in [0.3, 0.4) is 0 Å². The van der Waals surface area contributed by atoms with Gasteiger partial charge in [0.1, 0.15) is 17.2 Å². The minimum absolute atomic E-state index is 0.154. The Labute approximate surface area is 176 Å². The number of nitrogens with zero attached hydrogens (tertiary/aromatic N) is 1. The van der Waals surface area contributed by atoms with Gasteiger partial charge in [-0.25, -0.2) is 4.99 Å². The van der Waals surface area contributed by atoms with Crippen LogP contribution in [0.5, 0.6) is 11.5 Å². The lowest BCUT2D eigenvalue weighted by atomic mass is 10.1. The fourth-order valence-corrected chi connectivity index (χ4v) is 3.34. The number of benzene rings is 2. The Bertz CT molecular complexity index is 888. The molecule has 0 aliphatic carbocycles. The topological polar surface area (TPSA) is 54.9 Å². The maximum Gasteiger partial charge on any atom is 0.149 e. The number of ether oxygens (including phenoxy) is 2. The van der Waals surface area contributed by atoms with Gasteiger partial charge >= 0.3 is 0 Å². The van der Waals surface area contributed by atoms with E-state index in [9.17, 15) is 0 Å². The molecule has 2 aromatic carbocycles. The molecule has 5 nitrogen and oxygen atoms in total. The fraction of sp³-hybridized carbons (Fsp3) is 0.381. The lowest BCUT2D eigenvalue weighted by Gasteiger charge is -2.37. The summed E-state index contributed by atoms with van der Waals surface area (Å²) in [7, 11) is 0. The minimum Gasteiger partial charge on any atom is -0.457 e. The van der Waals surface area contributed by atoms with Crippen molar-refractivity contribution in [3.63, 3.8) is 0 Å². The summed E-state index contributed by atoms with van der Waals surface area (Å²) in [5, 5.41) is 7.56. The molecule has 0 saturated carbocycles. The largest absolute Gasteiger partial charge is 0.457 e. The maximum atomic E-state index is 6.07. The normalized spacial score (nSPS) is 22.4. The van der Waals surface area contributed by atoms with Crippen LogP contribution in [0.2, 0.25) is 10.0 Å². The number of hydrogen-bond acceptors (Lipinski definition) is 4. The predicted molar refractivity (Wildman–Crippen MR) is 116 cm³/mol. The molecule has 0 amide bonds. The number of morpholine rings is 1. The van der Waals surface area contributed by atoms with Gasteiger partial charge in [0.2, 0.25) is 0 Å². The van der Waals surface area contributed by atoms with E-state index < -0.39 is 5.72 Å². The summed E-state index contributed by atoms with van der Waals surface area (Å²) in [5.74, 6) is 1.39. The summed E-state index contributed by atoms with van der Waals surface area (Å²) < 4.78 is 11.9. The van der Waals surface area contributed by atoms with Gasteiger partial charge in [-0.2, -0.15) is 0 Å². The molecular formula is C21H25Cl2N3O2. The summed E-state index contributed by atoms with van der Waals surface area (Å²) in [5.41, 5.74) is 2.37. The Morgan fingerprint density at radius 2 is 2.00 bits per heavy atom. The van der Waals surface area contributed by atoms with Crippen molar-refractivity contribution in [3.8, 4) is 11.5 Å². The molecule has 1 heterocycles. The minimum atomic E-state index is -0.471. The molecular weight excluding hydrogens is 397 g/mol. The molecule has 2 aromatic rings. The van der Waals surface area contributed by atoms with E-state index in [0.29, 0.717) is 15.8 Å². The first-order chi connectivity index (χ1) is 13.3. The number of halogens is 2. The van der Waals surface area contributed by atoms with E-state index in [1.165, 1.54) is 0 Å². The Hall–Kier alpha value is -1.79. The Morgan fingerprint density at radius 3 is 2.71 bits per heavy atom. The molecule has 150 valence electrons. The molecule has 0 spiro atoms. The van der Waals surface area contributed by atoms with Gasteiger partial charge in [-0.1, -0.05) is 23.2 Å². The second kappa shape index (κ2) is 8.70. The average molecular weight is 422 g/mol. The van der Waals surface area contributed by atoms with Crippen LogP contribution in [0.1, 0.15) is 25.0 Å². The van der Waals surface area contributed by atoms with E-state index in [4.69, 9.17) is 32.7 Å². The van der Waals surface area contributed by atoms with E-state index in [1.807, 2.05) is 39.8 Å². The van der Waals surface area contributed by atoms with Crippen molar-refractivity contribution < 1.29 is 9.47 Å². The summed E-state index contributed by atoms with van der Waals surface area (Å²) in [6.45, 7) is 9.61. The van der Waals surface area contributed by atoms with Crippen molar-refractivity contribution in [3.05, 3.63) is 51.5 Å². The van der Waals surface area contributed by atoms with Gasteiger partial charge in [-0.3, -0.25) is 0 Å². The lowest BCUT2D eigenvalue weighted by molar-refractivity contribution is -0.105. The Balaban J connectivity index is 1.71. The van der Waals surface area contributed by atoms with E-state index in [2.05, 4.69) is 15.6 Å². The summed E-state index contributed by atoms with van der Waals surface area (Å²) in [4.78, 5) is 4.57. The first-order valence-electron chi connectivity index (χ1n) is 9.19. The van der Waals surface area contributed by atoms with E-state index in [-0.39, 0.29) is 6.10 Å². The number of rotatable bonds is 5. The number of aryl methyl sites for hydroxylation is 2. The van der Waals surface area contributed by atoms with Crippen LogP contribution in [0.15, 0.2) is 35.3 Å². The number of nitrogens with one attached hydrogen (secondary N) is 2. The SMILES string of the molecule is Cc1cc(Oc2ccc(Cl)c(Cl)c2)c(C)cc1/N=C/NC1(C)CNCC(C)O1. The summed E-state index contributed by atoms with van der Waals surface area (Å²) in [6, 6.07) is 9.17. The smallest absolute Gasteiger partial charge is 0.149 e. The van der Waals surface area contributed by atoms with Crippen molar-refractivity contribution in [2.24, 2.45) is 4.99 Å². The molecule has 3 rings (SSSR count). The van der Waals surface area contributed by atoms with Crippen molar-refractivity contribution >= 4 is 35.2 Å². The zero-order valence-corrected chi connectivity index (χ0v) is 18.0. The zero-order chi connectivity index (χ0) is 20.3. The van der Waals surface area contributed by atoms with Crippen LogP contribution in [-0.4, -0.2) is 31.3 Å². The van der Waals surface area contributed by atoms with Crippen LogP contribution in [0, 0.1) is 13.8 Å². The molecule has 7 heteroatoms. The van der Waals surface area contributed by atoms with E-state index in [0.717, 1.165) is 35.7 Å². The van der Waals surface area contributed by atoms with Gasteiger partial charge in [0, 0.05) is 19.2 Å². The second-order valence-electron chi connectivity index (χ2n) is 7.27. The first-order valence-corrected chi connectivity index (χ1v) is 9.94. The molecule has 1 aliphatic rings. The molecule has 1 aliphatic heterocycles. The van der Waals surface area contributed by atoms with Crippen molar-refractivity contribution in [1.82, 2.24) is 10.6 Å². The van der Waals surface area contributed by atoms with Gasteiger partial charge < -0.3 is 20.1 Å². The molecule has 0 bridgehead atoms. The summed E-state index contributed by atoms with van der Waals surface area (Å²) >= 11 is 12.0. The lowest BCUT2D eigenvalue weighted by Crippen LogP contribution is -2.58. The molecule has 1 fully saturated rings. The third-order valence-electron chi connectivity index (χ3n) is 4.54. The molecule has 0 radical (unpaired) electrons. The number of aliphatic imine (C=N–C) groups is 1. The van der Waals surface area contributed by atoms with Crippen LogP contribution in [0.25, 0.3) is 0 Å². The van der Waals surface area contributed by atoms with Crippen LogP contribution < -0.4 is 15.4 Å². The molecule has 2 atom stereocenters. The van der Waals surface area contributed by atoms with Gasteiger partial charge in [-0.15, -0.1) is 0 Å². The van der Waals surface area contributed by atoms with Gasteiger partial charge in [0.15, 0.2) is 0 Å². The first kappa shape index (κ1) is 20.9. The molecule has 0 aromatic heterocycles. The highest BCUT2D eigenvalue weighted by atomic mass is 35.5. The van der Waals surface area contributed by atoms with Gasteiger partial charge in [-0.05, 0) is 63.1 Å². The third kappa shape index (κ3) is 5.17. The van der Waals surface area contributed by atoms with E-state index >= 15 is 0 Å². The van der Waals surface area contributed by atoms with Crippen molar-refractivity contribution in [2.75, 3.05) is 13.1 Å². The second-order valence-corrected chi connectivity index (χ2v) is 8.09. The van der Waals surface area contributed by atoms with E-state index in [1.54, 1.807) is 24.5 Å². The Kier molecular flexibility index (Phi) is 6.50.